The Morgan fingerprint density at radius 1 is 1.29 bits per heavy atom. The van der Waals surface area contributed by atoms with E-state index in [-0.39, 0.29) is 5.92 Å². The van der Waals surface area contributed by atoms with Gasteiger partial charge in [0.2, 0.25) is 0 Å². The van der Waals surface area contributed by atoms with E-state index in [0.29, 0.717) is 17.9 Å². The van der Waals surface area contributed by atoms with Gasteiger partial charge in [-0.25, -0.2) is 0 Å². The molecular weight excluding hydrogens is 210 g/mol. The molecule has 1 aliphatic rings. The molecule has 0 saturated carbocycles. The van der Waals surface area contributed by atoms with E-state index in [9.17, 15) is 4.79 Å². The van der Waals surface area contributed by atoms with Gasteiger partial charge in [0.05, 0.1) is 0 Å². The third kappa shape index (κ3) is 2.42. The largest absolute Gasteiger partial charge is 0.298 e. The monoisotopic (exact) mass is 231 g/mol. The lowest BCUT2D eigenvalue weighted by Crippen LogP contribution is -2.37. The number of hydrogen-bond acceptors (Lipinski definition) is 2. The molecule has 1 saturated heterocycles. The van der Waals surface area contributed by atoms with Gasteiger partial charge in [0.15, 0.2) is 5.78 Å². The van der Waals surface area contributed by atoms with Crippen molar-refractivity contribution in [3.05, 3.63) is 35.9 Å². The fourth-order valence-electron chi connectivity index (χ4n) is 2.86. The molecule has 0 N–H and O–H groups in total. The van der Waals surface area contributed by atoms with E-state index < -0.39 is 0 Å². The molecule has 0 amide bonds. The summed E-state index contributed by atoms with van der Waals surface area (Å²) in [4.78, 5) is 14.8. The Labute approximate surface area is 104 Å². The SMILES string of the molecule is CC(C)N1CC[C@@H](C(=O)c2ccccc2)[C@H]1C. The fourth-order valence-corrected chi connectivity index (χ4v) is 2.86. The highest BCUT2D eigenvalue weighted by molar-refractivity contribution is 5.98. The molecule has 2 nitrogen and oxygen atoms in total. The molecule has 2 heteroatoms. The van der Waals surface area contributed by atoms with Crippen molar-refractivity contribution >= 4 is 5.78 Å². The minimum atomic E-state index is 0.166. The highest BCUT2D eigenvalue weighted by Crippen LogP contribution is 2.28. The van der Waals surface area contributed by atoms with E-state index in [1.54, 1.807) is 0 Å². The third-order valence-corrected chi connectivity index (χ3v) is 3.86. The lowest BCUT2D eigenvalue weighted by atomic mass is 9.92. The van der Waals surface area contributed by atoms with Crippen LogP contribution in [-0.2, 0) is 0 Å². The molecule has 2 atom stereocenters. The Kier molecular flexibility index (Phi) is 3.63. The summed E-state index contributed by atoms with van der Waals surface area (Å²) in [6.45, 7) is 7.62. The molecule has 2 rings (SSSR count). The van der Waals surface area contributed by atoms with Crippen molar-refractivity contribution < 1.29 is 4.79 Å². The topological polar surface area (TPSA) is 20.3 Å². The quantitative estimate of drug-likeness (QED) is 0.745. The number of carbonyl (C=O) groups is 1. The van der Waals surface area contributed by atoms with Gasteiger partial charge in [-0.3, -0.25) is 9.69 Å². The summed E-state index contributed by atoms with van der Waals surface area (Å²) in [6, 6.07) is 10.6. The van der Waals surface area contributed by atoms with Crippen LogP contribution in [0.3, 0.4) is 0 Å². The molecule has 0 aromatic heterocycles. The lowest BCUT2D eigenvalue weighted by molar-refractivity contribution is 0.0880. The van der Waals surface area contributed by atoms with Gasteiger partial charge in [-0.15, -0.1) is 0 Å². The van der Waals surface area contributed by atoms with Crippen molar-refractivity contribution in [1.82, 2.24) is 4.90 Å². The van der Waals surface area contributed by atoms with Crippen LogP contribution in [0.2, 0.25) is 0 Å². The van der Waals surface area contributed by atoms with Crippen LogP contribution >= 0.6 is 0 Å². The number of benzene rings is 1. The maximum atomic E-state index is 12.4. The average Bonchev–Trinajstić information content (AvgIpc) is 2.71. The summed E-state index contributed by atoms with van der Waals surface area (Å²) < 4.78 is 0. The zero-order valence-corrected chi connectivity index (χ0v) is 10.9. The maximum Gasteiger partial charge on any atom is 0.167 e. The Morgan fingerprint density at radius 2 is 1.94 bits per heavy atom. The first-order valence-electron chi connectivity index (χ1n) is 6.46. The molecule has 0 unspecified atom stereocenters. The van der Waals surface area contributed by atoms with E-state index >= 15 is 0 Å². The Hall–Kier alpha value is -1.15. The van der Waals surface area contributed by atoms with Gasteiger partial charge >= 0.3 is 0 Å². The second kappa shape index (κ2) is 5.01. The van der Waals surface area contributed by atoms with Gasteiger partial charge in [0.1, 0.15) is 0 Å². The van der Waals surface area contributed by atoms with Crippen LogP contribution in [0.5, 0.6) is 0 Å². The minimum Gasteiger partial charge on any atom is -0.298 e. The van der Waals surface area contributed by atoms with Crippen LogP contribution in [0.15, 0.2) is 30.3 Å². The van der Waals surface area contributed by atoms with Crippen LogP contribution in [-0.4, -0.2) is 29.3 Å². The predicted octanol–water partition coefficient (Wildman–Crippen LogP) is 2.99. The molecule has 1 heterocycles. The van der Waals surface area contributed by atoms with Crippen LogP contribution in [0.25, 0.3) is 0 Å². The molecule has 0 radical (unpaired) electrons. The molecule has 17 heavy (non-hydrogen) atoms. The molecular formula is C15H21NO. The molecule has 1 aliphatic heterocycles. The number of Topliss-reactive ketones (excluding diaryl/α,β-unsaturated/α-hetero) is 1. The van der Waals surface area contributed by atoms with E-state index in [0.717, 1.165) is 18.5 Å². The molecule has 1 aromatic rings. The summed E-state index contributed by atoms with van der Waals surface area (Å²) in [5.74, 6) is 0.473. The lowest BCUT2D eigenvalue weighted by Gasteiger charge is -2.27. The van der Waals surface area contributed by atoms with Crippen LogP contribution in [0.4, 0.5) is 0 Å². The molecule has 1 aromatic carbocycles. The van der Waals surface area contributed by atoms with E-state index in [1.807, 2.05) is 30.3 Å². The maximum absolute atomic E-state index is 12.4. The van der Waals surface area contributed by atoms with Gasteiger partial charge in [-0.2, -0.15) is 0 Å². The van der Waals surface area contributed by atoms with Crippen molar-refractivity contribution in [2.75, 3.05) is 6.54 Å². The summed E-state index contributed by atoms with van der Waals surface area (Å²) in [7, 11) is 0. The van der Waals surface area contributed by atoms with Crippen LogP contribution < -0.4 is 0 Å². The van der Waals surface area contributed by atoms with Crippen molar-refractivity contribution in [3.63, 3.8) is 0 Å². The zero-order chi connectivity index (χ0) is 12.4. The van der Waals surface area contributed by atoms with Gasteiger partial charge in [0, 0.05) is 23.6 Å². The van der Waals surface area contributed by atoms with E-state index in [4.69, 9.17) is 0 Å². The number of rotatable bonds is 3. The summed E-state index contributed by atoms with van der Waals surface area (Å²) in [6.07, 6.45) is 0.993. The Balaban J connectivity index is 2.12. The van der Waals surface area contributed by atoms with Gasteiger partial charge < -0.3 is 0 Å². The number of carbonyl (C=O) groups excluding carboxylic acids is 1. The van der Waals surface area contributed by atoms with Crippen molar-refractivity contribution in [2.24, 2.45) is 5.92 Å². The van der Waals surface area contributed by atoms with Gasteiger partial charge in [-0.05, 0) is 33.7 Å². The Bertz CT molecular complexity index is 385. The number of likely N-dealkylation sites (tertiary alicyclic amines) is 1. The Morgan fingerprint density at radius 3 is 2.47 bits per heavy atom. The first kappa shape index (κ1) is 12.3. The zero-order valence-electron chi connectivity index (χ0n) is 10.9. The number of hydrogen-bond donors (Lipinski definition) is 0. The highest BCUT2D eigenvalue weighted by Gasteiger charge is 2.36. The summed E-state index contributed by atoms with van der Waals surface area (Å²) >= 11 is 0. The first-order chi connectivity index (χ1) is 8.11. The van der Waals surface area contributed by atoms with Crippen LogP contribution in [0, 0.1) is 5.92 Å². The molecule has 92 valence electrons. The van der Waals surface area contributed by atoms with Crippen molar-refractivity contribution in [2.45, 2.75) is 39.3 Å². The standard InChI is InChI=1S/C15H21NO/c1-11(2)16-10-9-14(12(16)3)15(17)13-7-5-4-6-8-13/h4-8,11-12,14H,9-10H2,1-3H3/t12-,14-/m1/s1. The van der Waals surface area contributed by atoms with E-state index in [1.165, 1.54) is 0 Å². The second-order valence-electron chi connectivity index (χ2n) is 5.20. The normalized spacial score (nSPS) is 25.4. The highest BCUT2D eigenvalue weighted by atomic mass is 16.1. The number of nitrogens with zero attached hydrogens (tertiary/aromatic N) is 1. The molecule has 0 spiro atoms. The predicted molar refractivity (Wildman–Crippen MR) is 70.2 cm³/mol. The second-order valence-corrected chi connectivity index (χ2v) is 5.20. The molecule has 1 fully saturated rings. The van der Waals surface area contributed by atoms with E-state index in [2.05, 4.69) is 25.7 Å². The van der Waals surface area contributed by atoms with Crippen molar-refractivity contribution in [1.29, 1.82) is 0 Å². The first-order valence-corrected chi connectivity index (χ1v) is 6.46. The smallest absolute Gasteiger partial charge is 0.167 e. The van der Waals surface area contributed by atoms with Crippen LogP contribution in [0.1, 0.15) is 37.6 Å². The molecule has 0 aliphatic carbocycles. The van der Waals surface area contributed by atoms with Gasteiger partial charge in [-0.1, -0.05) is 30.3 Å². The summed E-state index contributed by atoms with van der Waals surface area (Å²) in [5, 5.41) is 0. The average molecular weight is 231 g/mol. The number of ketones is 1. The minimum absolute atomic E-state index is 0.166. The fraction of sp³-hybridized carbons (Fsp3) is 0.533. The van der Waals surface area contributed by atoms with Gasteiger partial charge in [0.25, 0.3) is 0 Å². The summed E-state index contributed by atoms with van der Waals surface area (Å²) in [5.41, 5.74) is 0.856. The third-order valence-electron chi connectivity index (χ3n) is 3.86. The molecule has 0 bridgehead atoms. The van der Waals surface area contributed by atoms with Crippen molar-refractivity contribution in [3.8, 4) is 0 Å².